The van der Waals surface area contributed by atoms with Crippen molar-refractivity contribution in [1.82, 2.24) is 0 Å². The number of hydrogen-bond acceptors (Lipinski definition) is 2. The molecule has 2 nitrogen and oxygen atoms in total. The summed E-state index contributed by atoms with van der Waals surface area (Å²) in [7, 11) is 1.86. The van der Waals surface area contributed by atoms with Gasteiger partial charge in [0.15, 0.2) is 0 Å². The minimum Gasteiger partial charge on any atom is -0.397 e. The molecule has 15 heavy (non-hydrogen) atoms. The summed E-state index contributed by atoms with van der Waals surface area (Å²) in [6, 6.07) is 0. The van der Waals surface area contributed by atoms with Crippen molar-refractivity contribution in [3.63, 3.8) is 0 Å². The Labute approximate surface area is 94.6 Å². The molecule has 2 rings (SSSR count). The largest absolute Gasteiger partial charge is 0.397 e. The van der Waals surface area contributed by atoms with Gasteiger partial charge < -0.3 is 8.85 Å². The zero-order valence-corrected chi connectivity index (χ0v) is 11.5. The summed E-state index contributed by atoms with van der Waals surface area (Å²) in [6.45, 7) is 4.72. The van der Waals surface area contributed by atoms with Crippen molar-refractivity contribution >= 4 is 8.56 Å². The first-order valence-corrected chi connectivity index (χ1v) is 8.23. The molecule has 0 spiro atoms. The minimum atomic E-state index is -1.90. The van der Waals surface area contributed by atoms with Gasteiger partial charge in [-0.15, -0.1) is 0 Å². The fourth-order valence-corrected chi connectivity index (χ4v) is 8.48. The molecule has 0 heterocycles. The Morgan fingerprint density at radius 1 is 0.800 bits per heavy atom. The van der Waals surface area contributed by atoms with Crippen LogP contribution >= 0.6 is 0 Å². The molecule has 0 aromatic rings. The van der Waals surface area contributed by atoms with E-state index >= 15 is 0 Å². The highest BCUT2D eigenvalue weighted by atomic mass is 28.4. The molecule has 0 saturated heterocycles. The van der Waals surface area contributed by atoms with E-state index < -0.39 is 8.56 Å². The van der Waals surface area contributed by atoms with Crippen LogP contribution in [-0.4, -0.2) is 22.8 Å². The lowest BCUT2D eigenvalue weighted by Crippen LogP contribution is -2.57. The van der Waals surface area contributed by atoms with E-state index in [1.807, 2.05) is 14.2 Å². The predicted molar refractivity (Wildman–Crippen MR) is 64.1 cm³/mol. The molecule has 3 heteroatoms. The van der Waals surface area contributed by atoms with Crippen LogP contribution in [-0.2, 0) is 8.85 Å². The second-order valence-corrected chi connectivity index (χ2v) is 9.19. The average molecular weight is 228 g/mol. The van der Waals surface area contributed by atoms with Gasteiger partial charge in [0, 0.05) is 25.3 Å². The van der Waals surface area contributed by atoms with Crippen molar-refractivity contribution in [2.45, 2.75) is 50.6 Å². The Balaban J connectivity index is 2.15. The molecule has 2 fully saturated rings. The van der Waals surface area contributed by atoms with Gasteiger partial charge in [0.05, 0.1) is 0 Å². The Hall–Kier alpha value is 0.137. The zero-order chi connectivity index (χ0) is 11.1. The monoisotopic (exact) mass is 228 g/mol. The highest BCUT2D eigenvalue weighted by molar-refractivity contribution is 6.71. The summed E-state index contributed by atoms with van der Waals surface area (Å²) in [5.74, 6) is 1.65. The Morgan fingerprint density at radius 2 is 1.20 bits per heavy atom. The average Bonchev–Trinajstić information content (AvgIpc) is 2.23. The van der Waals surface area contributed by atoms with E-state index in [4.69, 9.17) is 8.85 Å². The van der Waals surface area contributed by atoms with Crippen LogP contribution in [0.3, 0.4) is 0 Å². The van der Waals surface area contributed by atoms with Gasteiger partial charge in [-0.3, -0.25) is 0 Å². The summed E-state index contributed by atoms with van der Waals surface area (Å²) in [6.07, 6.45) is 5.40. The van der Waals surface area contributed by atoms with Gasteiger partial charge in [0.25, 0.3) is 0 Å². The van der Waals surface area contributed by atoms with Crippen LogP contribution in [0.25, 0.3) is 0 Å². The Bertz CT molecular complexity index is 208. The molecule has 88 valence electrons. The second kappa shape index (κ2) is 4.19. The van der Waals surface area contributed by atoms with Crippen LogP contribution in [0.15, 0.2) is 0 Å². The smallest absolute Gasteiger partial charge is 0.344 e. The van der Waals surface area contributed by atoms with Crippen molar-refractivity contribution in [2.75, 3.05) is 14.2 Å². The maximum absolute atomic E-state index is 5.95. The minimum absolute atomic E-state index is 0.750. The molecule has 0 aromatic heterocycles. The maximum Gasteiger partial charge on any atom is 0.344 e. The van der Waals surface area contributed by atoms with E-state index in [2.05, 4.69) is 13.8 Å². The van der Waals surface area contributed by atoms with Gasteiger partial charge in [0.2, 0.25) is 0 Å². The molecule has 0 aromatic carbocycles. The molecule has 0 radical (unpaired) electrons. The molecular formula is C12H24O2Si. The quantitative estimate of drug-likeness (QED) is 0.687. The summed E-state index contributed by atoms with van der Waals surface area (Å²) >= 11 is 0. The van der Waals surface area contributed by atoms with Crippen molar-refractivity contribution in [1.29, 1.82) is 0 Å². The highest BCUT2D eigenvalue weighted by Crippen LogP contribution is 2.57. The topological polar surface area (TPSA) is 18.5 Å². The second-order valence-electron chi connectivity index (χ2n) is 5.45. The molecule has 0 bridgehead atoms. The first-order valence-electron chi connectivity index (χ1n) is 6.26. The van der Waals surface area contributed by atoms with Crippen LogP contribution < -0.4 is 0 Å². The molecule has 0 aliphatic heterocycles. The number of hydrogen-bond donors (Lipinski definition) is 0. The fraction of sp³-hybridized carbons (Fsp3) is 1.00. The zero-order valence-electron chi connectivity index (χ0n) is 10.5. The van der Waals surface area contributed by atoms with Crippen LogP contribution in [0.4, 0.5) is 0 Å². The molecule has 0 N–H and O–H groups in total. The third kappa shape index (κ3) is 1.59. The van der Waals surface area contributed by atoms with Crippen molar-refractivity contribution in [3.05, 3.63) is 0 Å². The number of rotatable bonds is 4. The summed E-state index contributed by atoms with van der Waals surface area (Å²) < 4.78 is 11.9. The lowest BCUT2D eigenvalue weighted by atomic mass is 9.85. The van der Waals surface area contributed by atoms with Crippen LogP contribution in [0, 0.1) is 11.8 Å². The van der Waals surface area contributed by atoms with Crippen molar-refractivity contribution in [2.24, 2.45) is 11.8 Å². The van der Waals surface area contributed by atoms with Gasteiger partial charge in [0.1, 0.15) is 0 Å². The van der Waals surface area contributed by atoms with Gasteiger partial charge in [-0.25, -0.2) is 0 Å². The van der Waals surface area contributed by atoms with E-state index in [-0.39, 0.29) is 0 Å². The summed E-state index contributed by atoms with van der Waals surface area (Å²) in [5.41, 5.74) is 1.50. The SMILES string of the molecule is CO[Si](OC)(C1CCC1C)C1CCC1C. The standard InChI is InChI=1S/C12H24O2Si/c1-9-5-7-11(9)15(13-3,14-4)12-8-6-10(12)2/h9-12H,5-8H2,1-4H3. The first kappa shape index (κ1) is 11.6. The molecule has 4 unspecified atom stereocenters. The molecular weight excluding hydrogens is 204 g/mol. The molecule has 2 aliphatic rings. The predicted octanol–water partition coefficient (Wildman–Crippen LogP) is 3.32. The summed E-state index contributed by atoms with van der Waals surface area (Å²) in [5, 5.41) is 0. The Kier molecular flexibility index (Phi) is 3.24. The van der Waals surface area contributed by atoms with Gasteiger partial charge in [-0.05, 0) is 24.7 Å². The van der Waals surface area contributed by atoms with E-state index in [0.717, 1.165) is 22.9 Å². The molecule has 0 amide bonds. The van der Waals surface area contributed by atoms with Crippen LogP contribution in [0.1, 0.15) is 39.5 Å². The van der Waals surface area contributed by atoms with Gasteiger partial charge in [-0.2, -0.15) is 0 Å². The third-order valence-electron chi connectivity index (χ3n) is 4.91. The van der Waals surface area contributed by atoms with Crippen molar-refractivity contribution in [3.8, 4) is 0 Å². The maximum atomic E-state index is 5.95. The molecule has 2 saturated carbocycles. The normalized spacial score (nSPS) is 40.8. The van der Waals surface area contributed by atoms with Crippen LogP contribution in [0.5, 0.6) is 0 Å². The van der Waals surface area contributed by atoms with Gasteiger partial charge >= 0.3 is 8.56 Å². The van der Waals surface area contributed by atoms with Crippen LogP contribution in [0.2, 0.25) is 11.1 Å². The highest BCUT2D eigenvalue weighted by Gasteiger charge is 2.59. The first-order chi connectivity index (χ1) is 7.15. The molecule has 4 atom stereocenters. The Morgan fingerprint density at radius 3 is 1.33 bits per heavy atom. The van der Waals surface area contributed by atoms with E-state index in [1.54, 1.807) is 0 Å². The lowest BCUT2D eigenvalue weighted by Gasteiger charge is -2.53. The lowest BCUT2D eigenvalue weighted by molar-refractivity contribution is 0.137. The fourth-order valence-electron chi connectivity index (χ4n) is 3.49. The van der Waals surface area contributed by atoms with E-state index in [9.17, 15) is 0 Å². The van der Waals surface area contributed by atoms with E-state index in [0.29, 0.717) is 0 Å². The van der Waals surface area contributed by atoms with E-state index in [1.165, 1.54) is 25.7 Å². The third-order valence-corrected chi connectivity index (χ3v) is 9.97. The van der Waals surface area contributed by atoms with Crippen molar-refractivity contribution < 1.29 is 8.85 Å². The summed E-state index contributed by atoms with van der Waals surface area (Å²) in [4.78, 5) is 0. The van der Waals surface area contributed by atoms with Gasteiger partial charge in [-0.1, -0.05) is 26.7 Å². The molecule has 2 aliphatic carbocycles.